The van der Waals surface area contributed by atoms with Crippen LogP contribution in [0.15, 0.2) is 22.7 Å². The van der Waals surface area contributed by atoms with Crippen molar-refractivity contribution in [2.75, 3.05) is 11.9 Å². The summed E-state index contributed by atoms with van der Waals surface area (Å²) in [5.74, 6) is 0.729. The highest BCUT2D eigenvalue weighted by atomic mass is 79.9. The van der Waals surface area contributed by atoms with E-state index in [1.54, 1.807) is 6.07 Å². The number of rotatable bonds is 5. The van der Waals surface area contributed by atoms with Crippen molar-refractivity contribution >= 4 is 27.6 Å². The van der Waals surface area contributed by atoms with Crippen molar-refractivity contribution in [2.45, 2.75) is 39.0 Å². The van der Waals surface area contributed by atoms with E-state index in [4.69, 9.17) is 0 Å². The highest BCUT2D eigenvalue weighted by molar-refractivity contribution is 9.10. The molecule has 0 spiro atoms. The Morgan fingerprint density at radius 1 is 1.45 bits per heavy atom. The molecular formula is C16H22BrNO2. The second kappa shape index (κ2) is 7.11. The van der Waals surface area contributed by atoms with Gasteiger partial charge in [0.1, 0.15) is 0 Å². The molecule has 2 N–H and O–H groups in total. The van der Waals surface area contributed by atoms with Crippen molar-refractivity contribution in [3.8, 4) is 0 Å². The summed E-state index contributed by atoms with van der Waals surface area (Å²) in [6.45, 7) is 3.17. The molecule has 1 saturated carbocycles. The first kappa shape index (κ1) is 15.4. The third kappa shape index (κ3) is 3.98. The summed E-state index contributed by atoms with van der Waals surface area (Å²) in [5, 5.41) is 12.5. The largest absolute Gasteiger partial charge is 0.478 e. The van der Waals surface area contributed by atoms with E-state index in [-0.39, 0.29) is 0 Å². The van der Waals surface area contributed by atoms with Crippen LogP contribution >= 0.6 is 15.9 Å². The van der Waals surface area contributed by atoms with Crippen LogP contribution in [0.4, 0.5) is 5.69 Å². The molecule has 110 valence electrons. The molecule has 3 nitrogen and oxygen atoms in total. The van der Waals surface area contributed by atoms with Crippen molar-refractivity contribution < 1.29 is 9.90 Å². The molecule has 0 amide bonds. The van der Waals surface area contributed by atoms with Crippen LogP contribution in [-0.2, 0) is 0 Å². The van der Waals surface area contributed by atoms with Crippen LogP contribution in [0.1, 0.15) is 49.4 Å². The van der Waals surface area contributed by atoms with E-state index in [0.717, 1.165) is 24.8 Å². The average Bonchev–Trinajstić information content (AvgIpc) is 2.38. The van der Waals surface area contributed by atoms with Gasteiger partial charge in [-0.25, -0.2) is 4.79 Å². The Bertz CT molecular complexity index is 476. The Kier molecular flexibility index (Phi) is 5.46. The van der Waals surface area contributed by atoms with Crippen molar-refractivity contribution in [1.29, 1.82) is 0 Å². The number of aromatic carboxylic acids is 1. The topological polar surface area (TPSA) is 49.3 Å². The lowest BCUT2D eigenvalue weighted by Gasteiger charge is -2.26. The van der Waals surface area contributed by atoms with Gasteiger partial charge in [-0.3, -0.25) is 0 Å². The Labute approximate surface area is 128 Å². The number of halogens is 1. The maximum Gasteiger partial charge on any atom is 0.338 e. The van der Waals surface area contributed by atoms with Gasteiger partial charge in [0, 0.05) is 16.7 Å². The second-order valence-electron chi connectivity index (χ2n) is 5.82. The molecule has 0 aliphatic heterocycles. The fourth-order valence-electron chi connectivity index (χ4n) is 3.12. The molecule has 0 heterocycles. The van der Waals surface area contributed by atoms with Crippen molar-refractivity contribution in [3.05, 3.63) is 28.2 Å². The van der Waals surface area contributed by atoms with E-state index >= 15 is 0 Å². The molecule has 1 fully saturated rings. The van der Waals surface area contributed by atoms with E-state index in [0.29, 0.717) is 15.7 Å². The van der Waals surface area contributed by atoms with Gasteiger partial charge in [-0.05, 0) is 52.7 Å². The smallest absolute Gasteiger partial charge is 0.338 e. The summed E-state index contributed by atoms with van der Waals surface area (Å²) >= 11 is 3.30. The van der Waals surface area contributed by atoms with Crippen molar-refractivity contribution in [1.82, 2.24) is 0 Å². The van der Waals surface area contributed by atoms with Gasteiger partial charge >= 0.3 is 5.97 Å². The molecule has 20 heavy (non-hydrogen) atoms. The van der Waals surface area contributed by atoms with Gasteiger partial charge in [0.05, 0.1) is 5.56 Å². The molecule has 1 aromatic rings. The van der Waals surface area contributed by atoms with Gasteiger partial charge in [0.25, 0.3) is 0 Å². The molecule has 2 rings (SSSR count). The summed E-state index contributed by atoms with van der Waals surface area (Å²) in [7, 11) is 0. The van der Waals surface area contributed by atoms with Crippen LogP contribution in [-0.4, -0.2) is 17.6 Å². The van der Waals surface area contributed by atoms with Crippen LogP contribution in [0.3, 0.4) is 0 Å². The van der Waals surface area contributed by atoms with E-state index in [1.165, 1.54) is 25.7 Å². The first-order chi connectivity index (χ1) is 9.58. The van der Waals surface area contributed by atoms with E-state index in [1.807, 2.05) is 12.1 Å². The first-order valence-electron chi connectivity index (χ1n) is 7.33. The third-order valence-electron chi connectivity index (χ3n) is 4.14. The monoisotopic (exact) mass is 339 g/mol. The minimum Gasteiger partial charge on any atom is -0.478 e. The van der Waals surface area contributed by atoms with Crippen LogP contribution in [0, 0.1) is 11.8 Å². The second-order valence-corrected chi connectivity index (χ2v) is 6.68. The fraction of sp³-hybridized carbons (Fsp3) is 0.562. The lowest BCUT2D eigenvalue weighted by molar-refractivity contribution is 0.0697. The fourth-order valence-corrected chi connectivity index (χ4v) is 3.66. The summed E-state index contributed by atoms with van der Waals surface area (Å²) < 4.78 is 0.626. The number of carboxylic acids is 1. The van der Waals surface area contributed by atoms with E-state index in [9.17, 15) is 9.90 Å². The van der Waals surface area contributed by atoms with Crippen LogP contribution in [0.25, 0.3) is 0 Å². The van der Waals surface area contributed by atoms with E-state index < -0.39 is 5.97 Å². The zero-order valence-corrected chi connectivity index (χ0v) is 13.4. The lowest BCUT2D eigenvalue weighted by atomic mass is 9.81. The molecule has 0 saturated heterocycles. The minimum absolute atomic E-state index is 0.324. The SMILES string of the molecule is CC1CCCC(CCNc2cccc(Br)c2C(=O)O)C1. The molecule has 4 heteroatoms. The number of carboxylic acid groups (broad SMARTS) is 1. The molecule has 0 bridgehead atoms. The number of nitrogens with one attached hydrogen (secondary N) is 1. The minimum atomic E-state index is -0.897. The molecule has 0 aromatic heterocycles. The number of hydrogen-bond acceptors (Lipinski definition) is 2. The maximum absolute atomic E-state index is 11.3. The standard InChI is InChI=1S/C16H22BrNO2/c1-11-4-2-5-12(10-11)8-9-18-14-7-3-6-13(17)15(14)16(19)20/h3,6-7,11-12,18H,2,4-5,8-10H2,1H3,(H,19,20). The first-order valence-corrected chi connectivity index (χ1v) is 8.13. The number of benzene rings is 1. The van der Waals surface area contributed by atoms with E-state index in [2.05, 4.69) is 28.2 Å². The number of hydrogen-bond donors (Lipinski definition) is 2. The predicted octanol–water partition coefficient (Wildman–Crippen LogP) is 4.78. The lowest BCUT2D eigenvalue weighted by Crippen LogP contribution is -2.17. The average molecular weight is 340 g/mol. The number of carbonyl (C=O) groups is 1. The normalized spacial score (nSPS) is 22.5. The molecule has 1 aromatic carbocycles. The van der Waals surface area contributed by atoms with Gasteiger partial charge < -0.3 is 10.4 Å². The highest BCUT2D eigenvalue weighted by Crippen LogP contribution is 2.31. The molecule has 0 radical (unpaired) electrons. The van der Waals surface area contributed by atoms with Gasteiger partial charge in [-0.15, -0.1) is 0 Å². The van der Waals surface area contributed by atoms with Crippen molar-refractivity contribution in [2.24, 2.45) is 11.8 Å². The molecule has 2 atom stereocenters. The Balaban J connectivity index is 1.91. The van der Waals surface area contributed by atoms with Crippen molar-refractivity contribution in [3.63, 3.8) is 0 Å². The van der Waals surface area contributed by atoms with Crippen LogP contribution < -0.4 is 5.32 Å². The zero-order chi connectivity index (χ0) is 14.5. The maximum atomic E-state index is 11.3. The summed E-state index contributed by atoms with van der Waals surface area (Å²) in [6.07, 6.45) is 6.44. The third-order valence-corrected chi connectivity index (χ3v) is 4.80. The molecule has 1 aliphatic carbocycles. The summed E-state index contributed by atoms with van der Waals surface area (Å²) in [5.41, 5.74) is 1.03. The van der Waals surface area contributed by atoms with Gasteiger partial charge in [-0.1, -0.05) is 32.3 Å². The predicted molar refractivity (Wildman–Crippen MR) is 85.3 cm³/mol. The highest BCUT2D eigenvalue weighted by Gasteiger charge is 2.19. The Hall–Kier alpha value is -1.03. The molecule has 2 unspecified atom stereocenters. The summed E-state index contributed by atoms with van der Waals surface area (Å²) in [4.78, 5) is 11.3. The van der Waals surface area contributed by atoms with Crippen LogP contribution in [0.5, 0.6) is 0 Å². The molecule has 1 aliphatic rings. The van der Waals surface area contributed by atoms with Gasteiger partial charge in [0.2, 0.25) is 0 Å². The summed E-state index contributed by atoms with van der Waals surface area (Å²) in [6, 6.07) is 5.46. The zero-order valence-electron chi connectivity index (χ0n) is 11.9. The Morgan fingerprint density at radius 2 is 2.25 bits per heavy atom. The Morgan fingerprint density at radius 3 is 2.95 bits per heavy atom. The number of anilines is 1. The van der Waals surface area contributed by atoms with Crippen LogP contribution in [0.2, 0.25) is 0 Å². The van der Waals surface area contributed by atoms with Gasteiger partial charge in [-0.2, -0.15) is 0 Å². The quantitative estimate of drug-likeness (QED) is 0.811. The van der Waals surface area contributed by atoms with Gasteiger partial charge in [0.15, 0.2) is 0 Å². The molecular weight excluding hydrogens is 318 g/mol.